The second kappa shape index (κ2) is 10.8. The van der Waals surface area contributed by atoms with Crippen molar-refractivity contribution in [2.75, 3.05) is 13.7 Å². The van der Waals surface area contributed by atoms with Gasteiger partial charge < -0.3 is 15.4 Å². The Morgan fingerprint density at radius 2 is 2.15 bits per heavy atom. The van der Waals surface area contributed by atoms with Gasteiger partial charge in [-0.15, -0.1) is 0 Å². The number of ether oxygens (including phenoxy) is 1. The van der Waals surface area contributed by atoms with Crippen LogP contribution >= 0.6 is 0 Å². The van der Waals surface area contributed by atoms with Crippen molar-refractivity contribution in [2.45, 2.75) is 58.0 Å². The zero-order valence-electron chi connectivity index (χ0n) is 16.2. The summed E-state index contributed by atoms with van der Waals surface area (Å²) in [6, 6.07) is 5.32. The normalized spacial score (nSPS) is 15.2. The lowest BCUT2D eigenvalue weighted by molar-refractivity contribution is -0.151. The Balaban J connectivity index is 1.89. The number of rotatable bonds is 10. The van der Waals surface area contributed by atoms with Gasteiger partial charge in [-0.3, -0.25) is 10.0 Å². The maximum Gasteiger partial charge on any atom is 0.315 e. The van der Waals surface area contributed by atoms with Gasteiger partial charge >= 0.3 is 6.03 Å². The first-order valence-electron chi connectivity index (χ1n) is 9.66. The molecule has 0 aliphatic heterocycles. The van der Waals surface area contributed by atoms with E-state index < -0.39 is 0 Å². The van der Waals surface area contributed by atoms with Crippen LogP contribution in [0.15, 0.2) is 18.2 Å². The van der Waals surface area contributed by atoms with E-state index >= 15 is 0 Å². The van der Waals surface area contributed by atoms with Crippen LogP contribution in [0.3, 0.4) is 0 Å². The molecule has 7 heteroatoms. The van der Waals surface area contributed by atoms with E-state index in [1.54, 1.807) is 7.11 Å². The van der Waals surface area contributed by atoms with Crippen molar-refractivity contribution in [3.8, 4) is 5.75 Å². The molecule has 150 valence electrons. The number of methoxy groups -OCH3 is 1. The largest absolute Gasteiger partial charge is 0.496 e. The monoisotopic (exact) mass is 377 g/mol. The van der Waals surface area contributed by atoms with E-state index in [2.05, 4.69) is 17.6 Å². The molecule has 1 atom stereocenters. The number of nitrogens with zero attached hydrogens (tertiary/aromatic N) is 1. The lowest BCUT2D eigenvalue weighted by Crippen LogP contribution is -2.47. The predicted octanol–water partition coefficient (Wildman–Crippen LogP) is 2.85. The highest BCUT2D eigenvalue weighted by Crippen LogP contribution is 2.28. The summed E-state index contributed by atoms with van der Waals surface area (Å²) in [5, 5.41) is 15.8. The fourth-order valence-corrected chi connectivity index (χ4v) is 3.71. The number of urea groups is 1. The minimum Gasteiger partial charge on any atom is -0.496 e. The highest BCUT2D eigenvalue weighted by atomic mass is 16.5. The van der Waals surface area contributed by atoms with Gasteiger partial charge in [-0.1, -0.05) is 44.7 Å². The van der Waals surface area contributed by atoms with Crippen LogP contribution in [0, 0.1) is 5.92 Å². The van der Waals surface area contributed by atoms with E-state index in [1.165, 1.54) is 12.8 Å². The highest BCUT2D eigenvalue weighted by molar-refractivity contribution is 5.74. The highest BCUT2D eigenvalue weighted by Gasteiger charge is 2.23. The molecule has 3 amide bonds. The molecule has 0 aromatic heterocycles. The van der Waals surface area contributed by atoms with Crippen molar-refractivity contribution >= 4 is 12.4 Å². The fraction of sp³-hybridized carbons (Fsp3) is 0.600. The van der Waals surface area contributed by atoms with E-state index in [9.17, 15) is 14.8 Å². The van der Waals surface area contributed by atoms with E-state index in [1.807, 2.05) is 18.2 Å². The van der Waals surface area contributed by atoms with Crippen LogP contribution in [-0.4, -0.2) is 42.4 Å². The summed E-state index contributed by atoms with van der Waals surface area (Å²) in [7, 11) is 1.64. The van der Waals surface area contributed by atoms with E-state index in [0.29, 0.717) is 23.9 Å². The molecule has 3 N–H and O–H groups in total. The van der Waals surface area contributed by atoms with Gasteiger partial charge in [0.05, 0.1) is 19.7 Å². The molecule has 0 spiro atoms. The van der Waals surface area contributed by atoms with Crippen LogP contribution in [0.1, 0.15) is 50.2 Å². The summed E-state index contributed by atoms with van der Waals surface area (Å²) in [5.74, 6) is 1.35. The molecule has 1 saturated carbocycles. The van der Waals surface area contributed by atoms with E-state index in [4.69, 9.17) is 4.74 Å². The molecular formula is C20H31N3O4. The molecule has 1 aromatic carbocycles. The van der Waals surface area contributed by atoms with E-state index in [0.717, 1.165) is 42.6 Å². The smallest absolute Gasteiger partial charge is 0.315 e. The zero-order valence-corrected chi connectivity index (χ0v) is 16.2. The SMILES string of the molecule is CCc1ccc(CNC(=O)N[C@H](CC2CCCC2)CN(O)C=O)cc1OC. The summed E-state index contributed by atoms with van der Waals surface area (Å²) in [5.41, 5.74) is 2.07. The number of hydrogen-bond donors (Lipinski definition) is 3. The summed E-state index contributed by atoms with van der Waals surface area (Å²) < 4.78 is 5.38. The van der Waals surface area contributed by atoms with E-state index in [-0.39, 0.29) is 18.6 Å². The summed E-state index contributed by atoms with van der Waals surface area (Å²) >= 11 is 0. The quantitative estimate of drug-likeness (QED) is 0.332. The minimum absolute atomic E-state index is 0.0897. The van der Waals surface area contributed by atoms with Crippen molar-refractivity contribution in [1.82, 2.24) is 15.7 Å². The van der Waals surface area contributed by atoms with Crippen LogP contribution in [0.4, 0.5) is 4.79 Å². The first-order valence-corrected chi connectivity index (χ1v) is 9.66. The van der Waals surface area contributed by atoms with Crippen LogP contribution < -0.4 is 15.4 Å². The zero-order chi connectivity index (χ0) is 19.6. The number of benzene rings is 1. The van der Waals surface area contributed by atoms with Gasteiger partial charge in [0.1, 0.15) is 5.75 Å². The molecule has 2 rings (SSSR count). The molecule has 1 fully saturated rings. The lowest BCUT2D eigenvalue weighted by atomic mass is 9.98. The van der Waals surface area contributed by atoms with Gasteiger partial charge in [0, 0.05) is 6.54 Å². The van der Waals surface area contributed by atoms with Crippen molar-refractivity contribution in [3.05, 3.63) is 29.3 Å². The van der Waals surface area contributed by atoms with Gasteiger partial charge in [-0.25, -0.2) is 9.86 Å². The fourth-order valence-electron chi connectivity index (χ4n) is 3.71. The second-order valence-corrected chi connectivity index (χ2v) is 7.14. The van der Waals surface area contributed by atoms with Crippen molar-refractivity contribution in [1.29, 1.82) is 0 Å². The number of hydroxylamine groups is 2. The second-order valence-electron chi connectivity index (χ2n) is 7.14. The van der Waals surface area contributed by atoms with Crippen molar-refractivity contribution < 1.29 is 19.5 Å². The first-order chi connectivity index (χ1) is 13.0. The molecule has 0 radical (unpaired) electrons. The van der Waals surface area contributed by atoms with Crippen LogP contribution in [0.5, 0.6) is 5.75 Å². The van der Waals surface area contributed by atoms with Crippen LogP contribution in [-0.2, 0) is 17.8 Å². The summed E-state index contributed by atoms with van der Waals surface area (Å²) in [4.78, 5) is 23.0. The maximum absolute atomic E-state index is 12.3. The standard InChI is InChI=1S/C20H31N3O4/c1-3-17-9-8-16(11-19(17)27-2)12-21-20(25)22-18(13-23(26)14-24)10-15-6-4-5-7-15/h8-9,11,14-15,18,26H,3-7,10,12-13H2,1-2H3,(H2,21,22,25)/t18-/m1/s1. The van der Waals surface area contributed by atoms with Gasteiger partial charge in [-0.05, 0) is 36.0 Å². The number of carbonyl (C=O) groups excluding carboxylic acids is 2. The average Bonchev–Trinajstić information content (AvgIpc) is 3.18. The number of aryl methyl sites for hydroxylation is 1. The van der Waals surface area contributed by atoms with Crippen LogP contribution in [0.25, 0.3) is 0 Å². The minimum atomic E-state index is -0.309. The molecule has 1 aromatic rings. The van der Waals surface area contributed by atoms with Gasteiger partial charge in [-0.2, -0.15) is 0 Å². The molecule has 1 aliphatic carbocycles. The predicted molar refractivity (Wildman–Crippen MR) is 103 cm³/mol. The number of carbonyl (C=O) groups is 2. The first kappa shape index (κ1) is 21.0. The Morgan fingerprint density at radius 1 is 1.41 bits per heavy atom. The molecule has 0 bridgehead atoms. The maximum atomic E-state index is 12.3. The van der Waals surface area contributed by atoms with Gasteiger partial charge in [0.2, 0.25) is 6.41 Å². The Labute approximate surface area is 161 Å². The van der Waals surface area contributed by atoms with Crippen molar-refractivity contribution in [2.24, 2.45) is 5.92 Å². The topological polar surface area (TPSA) is 90.9 Å². The average molecular weight is 377 g/mol. The summed E-state index contributed by atoms with van der Waals surface area (Å²) in [6.45, 7) is 2.53. The third-order valence-electron chi connectivity index (χ3n) is 5.14. The molecular weight excluding hydrogens is 346 g/mol. The van der Waals surface area contributed by atoms with Crippen LogP contribution in [0.2, 0.25) is 0 Å². The number of amides is 3. The van der Waals surface area contributed by atoms with Gasteiger partial charge in [0.25, 0.3) is 0 Å². The molecule has 27 heavy (non-hydrogen) atoms. The van der Waals surface area contributed by atoms with Crippen molar-refractivity contribution in [3.63, 3.8) is 0 Å². The Morgan fingerprint density at radius 3 is 2.78 bits per heavy atom. The van der Waals surface area contributed by atoms with Gasteiger partial charge in [0.15, 0.2) is 0 Å². The molecule has 0 unspecified atom stereocenters. The Bertz CT molecular complexity index is 617. The third-order valence-corrected chi connectivity index (χ3v) is 5.14. The molecule has 0 heterocycles. The summed E-state index contributed by atoms with van der Waals surface area (Å²) in [6.07, 6.45) is 6.69. The lowest BCUT2D eigenvalue weighted by Gasteiger charge is -2.24. The number of hydrogen-bond acceptors (Lipinski definition) is 4. The molecule has 7 nitrogen and oxygen atoms in total. The molecule has 1 aliphatic rings. The Kier molecular flexibility index (Phi) is 8.39. The molecule has 0 saturated heterocycles. The Hall–Kier alpha value is -2.28. The third kappa shape index (κ3) is 6.75. The number of nitrogens with one attached hydrogen (secondary N) is 2.